The number of carbonyl (C=O) groups is 1. The number of hydrogen-bond acceptors (Lipinski definition) is 4. The van der Waals surface area contributed by atoms with Crippen LogP contribution < -0.4 is 4.57 Å². The van der Waals surface area contributed by atoms with Gasteiger partial charge in [0.1, 0.15) is 0 Å². The first-order valence-electron chi connectivity index (χ1n) is 8.13. The minimum atomic E-state index is -0.00403. The molecule has 3 aromatic rings. The van der Waals surface area contributed by atoms with Gasteiger partial charge in [0.05, 0.1) is 16.6 Å². The normalized spacial score (nSPS) is 16.9. The van der Waals surface area contributed by atoms with Gasteiger partial charge in [-0.2, -0.15) is 9.67 Å². The summed E-state index contributed by atoms with van der Waals surface area (Å²) in [5.41, 5.74) is 2.18. The van der Waals surface area contributed by atoms with E-state index in [9.17, 15) is 4.79 Å². The maximum absolute atomic E-state index is 12.9. The number of rotatable bonds is 4. The molecule has 0 N–H and O–H groups in total. The molecule has 1 aliphatic heterocycles. The second-order valence-corrected chi connectivity index (χ2v) is 7.97. The van der Waals surface area contributed by atoms with Gasteiger partial charge >= 0.3 is 5.91 Å². The van der Waals surface area contributed by atoms with Gasteiger partial charge in [-0.1, -0.05) is 12.1 Å². The number of pyridine rings is 1. The first kappa shape index (κ1) is 16.2. The summed E-state index contributed by atoms with van der Waals surface area (Å²) in [5, 5.41) is 10.5. The van der Waals surface area contributed by atoms with E-state index < -0.39 is 0 Å². The molecule has 6 heteroatoms. The van der Waals surface area contributed by atoms with Gasteiger partial charge in [0.2, 0.25) is 6.54 Å². The second kappa shape index (κ2) is 6.90. The Bertz CT molecular complexity index is 883. The fraction of sp³-hybridized carbons (Fsp3) is 0.211. The summed E-state index contributed by atoms with van der Waals surface area (Å²) >= 11 is 3.35. The van der Waals surface area contributed by atoms with E-state index in [0.717, 1.165) is 17.0 Å². The van der Waals surface area contributed by atoms with Crippen LogP contribution in [0.25, 0.3) is 0 Å². The maximum atomic E-state index is 12.9. The average molecular weight is 369 g/mol. The highest BCUT2D eigenvalue weighted by Gasteiger charge is 2.35. The molecule has 0 radical (unpaired) electrons. The number of amides is 1. The van der Waals surface area contributed by atoms with Gasteiger partial charge in [-0.25, -0.2) is 5.01 Å². The third-order valence-electron chi connectivity index (χ3n) is 4.22. The Morgan fingerprint density at radius 2 is 1.96 bits per heavy atom. The molecule has 0 unspecified atom stereocenters. The first-order chi connectivity index (χ1) is 12.2. The summed E-state index contributed by atoms with van der Waals surface area (Å²) in [6.45, 7) is 2.33. The van der Waals surface area contributed by atoms with Gasteiger partial charge in [0.15, 0.2) is 12.4 Å². The van der Waals surface area contributed by atoms with Crippen molar-refractivity contribution in [2.24, 2.45) is 5.10 Å². The highest BCUT2D eigenvalue weighted by molar-refractivity contribution is 7.12. The highest BCUT2D eigenvalue weighted by atomic mass is 32.1. The standard InChI is InChI=1S/C19H18N3OS2/c1-14-6-8-21(9-7-14)13-19(23)22-16(18-5-3-11-25-18)12-15(20-22)17-4-2-10-24-17/h2-11,16H,12-13H2,1H3/q+1/t16-/m1/s1. The largest absolute Gasteiger partial charge is 0.309 e. The topological polar surface area (TPSA) is 36.5 Å². The SMILES string of the molecule is Cc1cc[n+](CC(=O)N2N=C(c3cccs3)C[C@@H]2c2cccs2)cc1. The zero-order chi connectivity index (χ0) is 17.2. The molecule has 0 saturated carbocycles. The first-order valence-corrected chi connectivity index (χ1v) is 9.89. The summed E-state index contributed by atoms with van der Waals surface area (Å²) in [4.78, 5) is 15.2. The highest BCUT2D eigenvalue weighted by Crippen LogP contribution is 2.35. The summed E-state index contributed by atoms with van der Waals surface area (Å²) in [6, 6.07) is 12.2. The quantitative estimate of drug-likeness (QED) is 0.646. The van der Waals surface area contributed by atoms with E-state index in [1.54, 1.807) is 27.7 Å². The van der Waals surface area contributed by atoms with Gasteiger partial charge in [-0.15, -0.1) is 22.7 Å². The van der Waals surface area contributed by atoms with Crippen molar-refractivity contribution < 1.29 is 9.36 Å². The number of aryl methyl sites for hydroxylation is 1. The van der Waals surface area contributed by atoms with Crippen molar-refractivity contribution in [2.45, 2.75) is 25.9 Å². The van der Waals surface area contributed by atoms with Crippen molar-refractivity contribution in [3.8, 4) is 0 Å². The van der Waals surface area contributed by atoms with E-state index in [4.69, 9.17) is 0 Å². The van der Waals surface area contributed by atoms with E-state index in [1.807, 2.05) is 53.5 Å². The van der Waals surface area contributed by atoms with Crippen LogP contribution >= 0.6 is 22.7 Å². The summed E-state index contributed by atoms with van der Waals surface area (Å²) < 4.78 is 1.90. The number of nitrogens with zero attached hydrogens (tertiary/aromatic N) is 3. The molecular weight excluding hydrogens is 350 g/mol. The number of hydrazone groups is 1. The van der Waals surface area contributed by atoms with Crippen LogP contribution in [0.15, 0.2) is 64.7 Å². The molecule has 0 bridgehead atoms. The number of carbonyl (C=O) groups excluding carboxylic acids is 1. The Morgan fingerprint density at radius 3 is 2.64 bits per heavy atom. The van der Waals surface area contributed by atoms with E-state index >= 15 is 0 Å². The van der Waals surface area contributed by atoms with Gasteiger partial charge in [0, 0.05) is 23.4 Å². The third kappa shape index (κ3) is 3.41. The van der Waals surface area contributed by atoms with E-state index in [1.165, 1.54) is 10.4 Å². The molecule has 126 valence electrons. The molecule has 1 amide bonds. The minimum absolute atomic E-state index is 0.00403. The molecule has 0 saturated heterocycles. The van der Waals surface area contributed by atoms with Gasteiger partial charge < -0.3 is 0 Å². The molecule has 0 fully saturated rings. The maximum Gasteiger partial charge on any atom is 0.309 e. The van der Waals surface area contributed by atoms with Crippen molar-refractivity contribution in [3.05, 3.63) is 74.9 Å². The molecule has 4 heterocycles. The van der Waals surface area contributed by atoms with Crippen molar-refractivity contribution >= 4 is 34.3 Å². The van der Waals surface area contributed by atoms with Crippen LogP contribution in [0.1, 0.15) is 27.8 Å². The van der Waals surface area contributed by atoms with Crippen molar-refractivity contribution in [2.75, 3.05) is 0 Å². The van der Waals surface area contributed by atoms with Crippen molar-refractivity contribution in [1.29, 1.82) is 0 Å². The lowest BCUT2D eigenvalue weighted by atomic mass is 10.1. The van der Waals surface area contributed by atoms with Crippen LogP contribution in [0.2, 0.25) is 0 Å². The van der Waals surface area contributed by atoms with Crippen LogP contribution in [-0.4, -0.2) is 16.6 Å². The zero-order valence-corrected chi connectivity index (χ0v) is 15.5. The number of aromatic nitrogens is 1. The Hall–Kier alpha value is -2.31. The fourth-order valence-electron chi connectivity index (χ4n) is 2.90. The van der Waals surface area contributed by atoms with Crippen molar-refractivity contribution in [3.63, 3.8) is 0 Å². The summed E-state index contributed by atoms with van der Waals surface area (Å²) in [5.74, 6) is 0.0128. The monoisotopic (exact) mass is 368 g/mol. The molecule has 0 aromatic carbocycles. The second-order valence-electron chi connectivity index (χ2n) is 6.05. The number of thiophene rings is 2. The molecule has 1 aliphatic rings. The summed E-state index contributed by atoms with van der Waals surface area (Å²) in [7, 11) is 0. The van der Waals surface area contributed by atoms with E-state index in [-0.39, 0.29) is 11.9 Å². The Morgan fingerprint density at radius 1 is 1.20 bits per heavy atom. The predicted molar refractivity (Wildman–Crippen MR) is 101 cm³/mol. The lowest BCUT2D eigenvalue weighted by Crippen LogP contribution is -2.42. The van der Waals surface area contributed by atoms with Crippen LogP contribution in [0.3, 0.4) is 0 Å². The fourth-order valence-corrected chi connectivity index (χ4v) is 4.43. The van der Waals surface area contributed by atoms with Gasteiger partial charge in [-0.05, 0) is 35.4 Å². The van der Waals surface area contributed by atoms with E-state index in [0.29, 0.717) is 6.54 Å². The van der Waals surface area contributed by atoms with Gasteiger partial charge in [0.25, 0.3) is 0 Å². The van der Waals surface area contributed by atoms with Crippen LogP contribution in [0.5, 0.6) is 0 Å². The predicted octanol–water partition coefficient (Wildman–Crippen LogP) is 3.78. The van der Waals surface area contributed by atoms with Crippen LogP contribution in [0, 0.1) is 6.92 Å². The smallest absolute Gasteiger partial charge is 0.265 e. The Balaban J connectivity index is 1.60. The van der Waals surface area contributed by atoms with Gasteiger partial charge in [-0.3, -0.25) is 4.79 Å². The molecule has 0 spiro atoms. The Kier molecular flexibility index (Phi) is 4.46. The molecule has 25 heavy (non-hydrogen) atoms. The molecular formula is C19H18N3OS2+. The van der Waals surface area contributed by atoms with Crippen LogP contribution in [-0.2, 0) is 11.3 Å². The van der Waals surface area contributed by atoms with Crippen LogP contribution in [0.4, 0.5) is 0 Å². The molecule has 1 atom stereocenters. The lowest BCUT2D eigenvalue weighted by Gasteiger charge is -2.19. The molecule has 3 aromatic heterocycles. The van der Waals surface area contributed by atoms with Crippen molar-refractivity contribution in [1.82, 2.24) is 5.01 Å². The number of hydrogen-bond donors (Lipinski definition) is 0. The average Bonchev–Trinajstić information content (AvgIpc) is 3.36. The lowest BCUT2D eigenvalue weighted by molar-refractivity contribution is -0.685. The Labute approximate surface area is 154 Å². The molecule has 0 aliphatic carbocycles. The van der Waals surface area contributed by atoms with E-state index in [2.05, 4.69) is 22.6 Å². The third-order valence-corrected chi connectivity index (χ3v) is 6.11. The molecule has 4 rings (SSSR count). The minimum Gasteiger partial charge on any atom is -0.265 e. The molecule has 4 nitrogen and oxygen atoms in total. The summed E-state index contributed by atoms with van der Waals surface area (Å²) in [6.07, 6.45) is 4.64. The zero-order valence-electron chi connectivity index (χ0n) is 13.8.